The van der Waals surface area contributed by atoms with Crippen molar-refractivity contribution in [1.82, 2.24) is 25.1 Å². The molecule has 3 heterocycles. The molecule has 3 aliphatic rings. The Hall–Kier alpha value is -2.30. The molecule has 1 aromatic carbocycles. The Morgan fingerprint density at radius 3 is 2.68 bits per heavy atom. The lowest BCUT2D eigenvalue weighted by molar-refractivity contribution is -0.147. The maximum Gasteiger partial charge on any atom is 0.240 e. The zero-order valence-electron chi connectivity index (χ0n) is 21.6. The van der Waals surface area contributed by atoms with Gasteiger partial charge in [-0.2, -0.15) is 0 Å². The minimum absolute atomic E-state index is 0.127. The second kappa shape index (κ2) is 11.6. The molecule has 5 rings (SSSR count). The standard InChI is InChI=1S/C27H37ClN6O3/c1-3-34(23-16-29-8-13-37-23)21(15-19-4-6-20(28)7-5-19)27(36)33-11-9-32(10-12-33)26-24-18(2)14-22(35)25(24)30-17-31-26/h4-7,17-18,21-23,29,35H,3,8-16H2,1-2H3/t18-,21-,22-,23?/m1/s1. The lowest BCUT2D eigenvalue weighted by Gasteiger charge is -2.42. The first kappa shape index (κ1) is 26.3. The highest BCUT2D eigenvalue weighted by atomic mass is 35.5. The van der Waals surface area contributed by atoms with Crippen LogP contribution in [0.4, 0.5) is 5.82 Å². The molecule has 2 aliphatic heterocycles. The average molecular weight is 529 g/mol. The van der Waals surface area contributed by atoms with Crippen molar-refractivity contribution in [2.45, 2.75) is 51.0 Å². The van der Waals surface area contributed by atoms with Gasteiger partial charge >= 0.3 is 0 Å². The van der Waals surface area contributed by atoms with E-state index < -0.39 is 6.10 Å². The van der Waals surface area contributed by atoms with Crippen molar-refractivity contribution < 1.29 is 14.6 Å². The molecule has 1 aliphatic carbocycles. The predicted octanol–water partition coefficient (Wildman–Crippen LogP) is 2.20. The molecule has 0 bridgehead atoms. The monoisotopic (exact) mass is 528 g/mol. The van der Waals surface area contributed by atoms with Crippen LogP contribution in [0, 0.1) is 0 Å². The number of nitrogens with zero attached hydrogens (tertiary/aromatic N) is 5. The van der Waals surface area contributed by atoms with E-state index >= 15 is 0 Å². The molecular formula is C27H37ClN6O3. The van der Waals surface area contributed by atoms with Crippen molar-refractivity contribution >= 4 is 23.3 Å². The lowest BCUT2D eigenvalue weighted by Crippen LogP contribution is -2.60. The van der Waals surface area contributed by atoms with Gasteiger partial charge in [-0.1, -0.05) is 37.6 Å². The van der Waals surface area contributed by atoms with Crippen LogP contribution in [0.1, 0.15) is 49.1 Å². The number of carbonyl (C=O) groups is 1. The number of halogens is 1. The molecule has 0 saturated carbocycles. The van der Waals surface area contributed by atoms with Gasteiger partial charge in [-0.05, 0) is 43.0 Å². The Kier molecular flexibility index (Phi) is 8.26. The number of benzene rings is 1. The maximum absolute atomic E-state index is 14.0. The van der Waals surface area contributed by atoms with E-state index in [2.05, 4.69) is 38.9 Å². The van der Waals surface area contributed by atoms with Crippen LogP contribution >= 0.6 is 11.6 Å². The normalized spacial score (nSPS) is 24.8. The van der Waals surface area contributed by atoms with Crippen LogP contribution in [0.5, 0.6) is 0 Å². The summed E-state index contributed by atoms with van der Waals surface area (Å²) in [5.74, 6) is 1.24. The van der Waals surface area contributed by atoms with Crippen LogP contribution in [0.3, 0.4) is 0 Å². The number of hydrogen-bond donors (Lipinski definition) is 2. The SMILES string of the molecule is CCN(C1CNCCO1)[C@H](Cc1ccc(Cl)cc1)C(=O)N1CCN(c2ncnc3c2[C@H](C)C[C@H]3O)CC1. The first-order valence-electron chi connectivity index (χ1n) is 13.3. The molecule has 37 heavy (non-hydrogen) atoms. The van der Waals surface area contributed by atoms with Crippen molar-refractivity contribution in [3.63, 3.8) is 0 Å². The number of amides is 1. The van der Waals surface area contributed by atoms with Gasteiger partial charge in [0.1, 0.15) is 18.4 Å². The van der Waals surface area contributed by atoms with Crippen LogP contribution in [0.2, 0.25) is 5.02 Å². The van der Waals surface area contributed by atoms with Crippen LogP contribution in [0.15, 0.2) is 30.6 Å². The van der Waals surface area contributed by atoms with Crippen molar-refractivity contribution in [1.29, 1.82) is 0 Å². The van der Waals surface area contributed by atoms with Gasteiger partial charge < -0.3 is 25.0 Å². The van der Waals surface area contributed by atoms with E-state index in [-0.39, 0.29) is 24.1 Å². The van der Waals surface area contributed by atoms with Gasteiger partial charge in [-0.25, -0.2) is 9.97 Å². The fourth-order valence-corrected chi connectivity index (χ4v) is 6.01. The number of aliphatic hydroxyl groups excluding tert-OH is 1. The summed E-state index contributed by atoms with van der Waals surface area (Å²) in [5, 5.41) is 14.5. The summed E-state index contributed by atoms with van der Waals surface area (Å²) in [6.07, 6.45) is 2.15. The molecule has 4 atom stereocenters. The minimum Gasteiger partial charge on any atom is -0.387 e. The molecule has 0 spiro atoms. The number of aromatic nitrogens is 2. The Balaban J connectivity index is 1.32. The third-order valence-electron chi connectivity index (χ3n) is 7.84. The summed E-state index contributed by atoms with van der Waals surface area (Å²) in [6.45, 7) is 9.71. The zero-order chi connectivity index (χ0) is 25.9. The van der Waals surface area contributed by atoms with E-state index in [0.717, 1.165) is 29.2 Å². The molecule has 1 aromatic heterocycles. The van der Waals surface area contributed by atoms with E-state index in [1.807, 2.05) is 29.2 Å². The summed E-state index contributed by atoms with van der Waals surface area (Å²) < 4.78 is 6.07. The lowest BCUT2D eigenvalue weighted by atomic mass is 10.0. The second-order valence-electron chi connectivity index (χ2n) is 10.2. The smallest absolute Gasteiger partial charge is 0.240 e. The number of hydrogen-bond acceptors (Lipinski definition) is 8. The van der Waals surface area contributed by atoms with E-state index in [1.165, 1.54) is 0 Å². The fraction of sp³-hybridized carbons (Fsp3) is 0.593. The number of carbonyl (C=O) groups excluding carboxylic acids is 1. The number of anilines is 1. The number of ether oxygens (including phenoxy) is 1. The molecule has 1 unspecified atom stereocenters. The number of rotatable bonds is 7. The Morgan fingerprint density at radius 2 is 2.00 bits per heavy atom. The number of likely N-dealkylation sites (N-methyl/N-ethyl adjacent to an activating group) is 1. The topological polar surface area (TPSA) is 94.1 Å². The van der Waals surface area contributed by atoms with E-state index in [0.29, 0.717) is 63.7 Å². The Bertz CT molecular complexity index is 1070. The fourth-order valence-electron chi connectivity index (χ4n) is 5.88. The first-order chi connectivity index (χ1) is 18.0. The van der Waals surface area contributed by atoms with E-state index in [4.69, 9.17) is 16.3 Å². The Labute approximate surface area is 223 Å². The van der Waals surface area contributed by atoms with Crippen molar-refractivity contribution in [2.24, 2.45) is 0 Å². The van der Waals surface area contributed by atoms with Gasteiger partial charge in [-0.15, -0.1) is 0 Å². The van der Waals surface area contributed by atoms with Gasteiger partial charge in [0.05, 0.1) is 24.4 Å². The summed E-state index contributed by atoms with van der Waals surface area (Å²) in [4.78, 5) is 29.4. The highest BCUT2D eigenvalue weighted by molar-refractivity contribution is 6.30. The number of aliphatic hydroxyl groups is 1. The molecule has 200 valence electrons. The molecule has 2 saturated heterocycles. The van der Waals surface area contributed by atoms with E-state index in [9.17, 15) is 9.90 Å². The van der Waals surface area contributed by atoms with Crippen molar-refractivity contribution in [2.75, 3.05) is 57.3 Å². The summed E-state index contributed by atoms with van der Waals surface area (Å²) in [7, 11) is 0. The van der Waals surface area contributed by atoms with Gasteiger partial charge in [-0.3, -0.25) is 9.69 Å². The maximum atomic E-state index is 14.0. The summed E-state index contributed by atoms with van der Waals surface area (Å²) in [6, 6.07) is 7.43. The van der Waals surface area contributed by atoms with Gasteiger partial charge in [0, 0.05) is 49.9 Å². The quantitative estimate of drug-likeness (QED) is 0.565. The molecule has 2 fully saturated rings. The molecular weight excluding hydrogens is 492 g/mol. The van der Waals surface area contributed by atoms with Crippen molar-refractivity contribution in [3.05, 3.63) is 52.4 Å². The van der Waals surface area contributed by atoms with Crippen molar-refractivity contribution in [3.8, 4) is 0 Å². The largest absolute Gasteiger partial charge is 0.387 e. The number of morpholine rings is 1. The van der Waals surface area contributed by atoms with Gasteiger partial charge in [0.15, 0.2) is 0 Å². The molecule has 2 N–H and O–H groups in total. The third-order valence-corrected chi connectivity index (χ3v) is 8.09. The van der Waals surface area contributed by atoms with Crippen LogP contribution in [0.25, 0.3) is 0 Å². The number of fused-ring (bicyclic) bond motifs is 1. The van der Waals surface area contributed by atoms with Gasteiger partial charge in [0.2, 0.25) is 5.91 Å². The molecule has 0 radical (unpaired) electrons. The molecule has 2 aromatic rings. The zero-order valence-corrected chi connectivity index (χ0v) is 22.4. The molecule has 1 amide bonds. The third kappa shape index (κ3) is 5.61. The Morgan fingerprint density at radius 1 is 1.24 bits per heavy atom. The second-order valence-corrected chi connectivity index (χ2v) is 10.6. The van der Waals surface area contributed by atoms with E-state index in [1.54, 1.807) is 6.33 Å². The van der Waals surface area contributed by atoms with Crippen LogP contribution in [-0.4, -0.2) is 95.5 Å². The highest BCUT2D eigenvalue weighted by Gasteiger charge is 2.37. The number of piperazine rings is 1. The van der Waals surface area contributed by atoms with Gasteiger partial charge in [0.25, 0.3) is 0 Å². The van der Waals surface area contributed by atoms with Crippen LogP contribution in [-0.2, 0) is 16.0 Å². The summed E-state index contributed by atoms with van der Waals surface area (Å²) in [5.41, 5.74) is 2.88. The summed E-state index contributed by atoms with van der Waals surface area (Å²) >= 11 is 6.12. The molecule has 10 heteroatoms. The molecule has 9 nitrogen and oxygen atoms in total. The minimum atomic E-state index is -0.528. The average Bonchev–Trinajstić information content (AvgIpc) is 3.23. The highest BCUT2D eigenvalue weighted by Crippen LogP contribution is 2.42. The van der Waals surface area contributed by atoms with Crippen LogP contribution < -0.4 is 10.2 Å². The number of nitrogens with one attached hydrogen (secondary N) is 1. The first-order valence-corrected chi connectivity index (χ1v) is 13.7. The predicted molar refractivity (Wildman–Crippen MR) is 143 cm³/mol.